The Bertz CT molecular complexity index is 507. The van der Waals surface area contributed by atoms with E-state index in [-0.39, 0.29) is 18.1 Å². The molecule has 2 N–H and O–H groups in total. The number of aromatic nitrogens is 2. The summed E-state index contributed by atoms with van der Waals surface area (Å²) in [7, 11) is 0. The van der Waals surface area contributed by atoms with E-state index in [1.54, 1.807) is 6.07 Å². The molecule has 3 heterocycles. The third-order valence-electron chi connectivity index (χ3n) is 4.33. The fourth-order valence-corrected chi connectivity index (χ4v) is 2.99. The lowest BCUT2D eigenvalue weighted by atomic mass is 10.1. The Kier molecular flexibility index (Phi) is 5.64. The molecule has 2 fully saturated rings. The summed E-state index contributed by atoms with van der Waals surface area (Å²) in [5.41, 5.74) is 0.464. The molecule has 0 aliphatic carbocycles. The van der Waals surface area contributed by atoms with Crippen molar-refractivity contribution in [1.82, 2.24) is 20.4 Å². The third-order valence-corrected chi connectivity index (χ3v) is 4.33. The van der Waals surface area contributed by atoms with Gasteiger partial charge in [-0.1, -0.05) is 0 Å². The quantitative estimate of drug-likeness (QED) is 0.807. The number of ether oxygens (including phenoxy) is 2. The van der Waals surface area contributed by atoms with Gasteiger partial charge in [-0.3, -0.25) is 9.48 Å². The molecule has 0 aromatic carbocycles. The second-order valence-corrected chi connectivity index (χ2v) is 6.37. The minimum Gasteiger partial charge on any atom is -0.379 e. The number of amides is 1. The van der Waals surface area contributed by atoms with Crippen LogP contribution in [0.4, 0.5) is 0 Å². The predicted molar refractivity (Wildman–Crippen MR) is 85.5 cm³/mol. The number of piperidine rings is 1. The highest BCUT2D eigenvalue weighted by Crippen LogP contribution is 2.15. The molecule has 1 amide bonds. The first-order valence-electron chi connectivity index (χ1n) is 8.48. The third kappa shape index (κ3) is 4.53. The van der Waals surface area contributed by atoms with Gasteiger partial charge in [0.25, 0.3) is 5.91 Å². The molecule has 23 heavy (non-hydrogen) atoms. The summed E-state index contributed by atoms with van der Waals surface area (Å²) in [5.74, 6) is -0.147. The summed E-state index contributed by atoms with van der Waals surface area (Å²) in [5, 5.41) is 10.7. The minimum atomic E-state index is -0.147. The lowest BCUT2D eigenvalue weighted by molar-refractivity contribution is 0.0318. The molecule has 0 saturated carbocycles. The van der Waals surface area contributed by atoms with Crippen LogP contribution in [-0.4, -0.2) is 60.7 Å². The van der Waals surface area contributed by atoms with Gasteiger partial charge >= 0.3 is 0 Å². The molecule has 3 atom stereocenters. The Morgan fingerprint density at radius 1 is 1.61 bits per heavy atom. The van der Waals surface area contributed by atoms with Crippen LogP contribution in [0.25, 0.3) is 0 Å². The van der Waals surface area contributed by atoms with Gasteiger partial charge in [-0.15, -0.1) is 0 Å². The molecular formula is C16H26N4O3. The highest BCUT2D eigenvalue weighted by atomic mass is 16.5. The van der Waals surface area contributed by atoms with Gasteiger partial charge in [0.2, 0.25) is 0 Å². The summed E-state index contributed by atoms with van der Waals surface area (Å²) in [6.07, 6.45) is 5.23. The topological polar surface area (TPSA) is 77.4 Å². The van der Waals surface area contributed by atoms with Crippen molar-refractivity contribution in [3.63, 3.8) is 0 Å². The van der Waals surface area contributed by atoms with E-state index in [0.29, 0.717) is 24.9 Å². The highest BCUT2D eigenvalue weighted by molar-refractivity contribution is 5.92. The van der Waals surface area contributed by atoms with Gasteiger partial charge in [0.05, 0.1) is 25.4 Å². The Labute approximate surface area is 136 Å². The number of rotatable bonds is 6. The van der Waals surface area contributed by atoms with Crippen LogP contribution >= 0.6 is 0 Å². The Morgan fingerprint density at radius 2 is 2.52 bits per heavy atom. The number of hydrogen-bond acceptors (Lipinski definition) is 5. The van der Waals surface area contributed by atoms with Crippen LogP contribution in [0.5, 0.6) is 0 Å². The van der Waals surface area contributed by atoms with Crippen LogP contribution < -0.4 is 10.6 Å². The summed E-state index contributed by atoms with van der Waals surface area (Å²) in [6, 6.07) is 2.07. The second kappa shape index (κ2) is 7.90. The summed E-state index contributed by atoms with van der Waals surface area (Å²) in [6.45, 7) is 5.83. The molecular weight excluding hydrogens is 296 g/mol. The van der Waals surface area contributed by atoms with Crippen molar-refractivity contribution in [3.05, 3.63) is 18.0 Å². The van der Waals surface area contributed by atoms with E-state index in [1.807, 2.05) is 17.8 Å². The van der Waals surface area contributed by atoms with Gasteiger partial charge in [0.15, 0.2) is 0 Å². The van der Waals surface area contributed by atoms with Crippen LogP contribution in [0.15, 0.2) is 12.3 Å². The fourth-order valence-electron chi connectivity index (χ4n) is 2.99. The van der Waals surface area contributed by atoms with Gasteiger partial charge < -0.3 is 20.1 Å². The summed E-state index contributed by atoms with van der Waals surface area (Å²) < 4.78 is 12.9. The standard InChI is InChI=1S/C16H26N4O3/c1-12(10-23-14-5-8-22-11-14)18-16(21)15-4-7-20(19-15)13-3-2-6-17-9-13/h4,7,12-14,17H,2-3,5-6,8-11H2,1H3,(H,18,21). The number of nitrogens with zero attached hydrogens (tertiary/aromatic N) is 2. The van der Waals surface area contributed by atoms with E-state index in [1.165, 1.54) is 0 Å². The lowest BCUT2D eigenvalue weighted by Crippen LogP contribution is -2.37. The van der Waals surface area contributed by atoms with Crippen molar-refractivity contribution in [1.29, 1.82) is 0 Å². The van der Waals surface area contributed by atoms with Crippen molar-refractivity contribution in [3.8, 4) is 0 Å². The van der Waals surface area contributed by atoms with Crippen LogP contribution in [0.1, 0.15) is 42.7 Å². The highest BCUT2D eigenvalue weighted by Gasteiger charge is 2.20. The normalized spacial score (nSPS) is 26.1. The van der Waals surface area contributed by atoms with E-state index < -0.39 is 0 Å². The van der Waals surface area contributed by atoms with Crippen LogP contribution in [0, 0.1) is 0 Å². The molecule has 2 aliphatic rings. The maximum Gasteiger partial charge on any atom is 0.272 e. The molecule has 128 valence electrons. The molecule has 0 spiro atoms. The van der Waals surface area contributed by atoms with Crippen molar-refractivity contribution in [2.45, 2.75) is 44.4 Å². The van der Waals surface area contributed by atoms with Crippen molar-refractivity contribution < 1.29 is 14.3 Å². The molecule has 7 nitrogen and oxygen atoms in total. The monoisotopic (exact) mass is 322 g/mol. The molecule has 3 rings (SSSR count). The largest absolute Gasteiger partial charge is 0.379 e. The first-order chi connectivity index (χ1) is 11.2. The van der Waals surface area contributed by atoms with Gasteiger partial charge in [-0.25, -0.2) is 0 Å². The van der Waals surface area contributed by atoms with Crippen LogP contribution in [0.2, 0.25) is 0 Å². The number of nitrogens with one attached hydrogen (secondary N) is 2. The van der Waals surface area contributed by atoms with Gasteiger partial charge in [0.1, 0.15) is 5.69 Å². The molecule has 0 bridgehead atoms. The average molecular weight is 322 g/mol. The van der Waals surface area contributed by atoms with E-state index >= 15 is 0 Å². The summed E-state index contributed by atoms with van der Waals surface area (Å²) >= 11 is 0. The second-order valence-electron chi connectivity index (χ2n) is 6.37. The smallest absolute Gasteiger partial charge is 0.272 e. The van der Waals surface area contributed by atoms with Crippen LogP contribution in [-0.2, 0) is 9.47 Å². The maximum absolute atomic E-state index is 12.3. The Hall–Kier alpha value is -1.44. The first kappa shape index (κ1) is 16.4. The Balaban J connectivity index is 1.46. The van der Waals surface area contributed by atoms with Gasteiger partial charge in [-0.05, 0) is 38.8 Å². The van der Waals surface area contributed by atoms with E-state index in [9.17, 15) is 4.79 Å². The molecule has 0 radical (unpaired) electrons. The van der Waals surface area contributed by atoms with Crippen molar-refractivity contribution >= 4 is 5.91 Å². The van der Waals surface area contributed by atoms with Crippen molar-refractivity contribution in [2.24, 2.45) is 0 Å². The van der Waals surface area contributed by atoms with Gasteiger partial charge in [-0.2, -0.15) is 5.10 Å². The maximum atomic E-state index is 12.3. The zero-order chi connectivity index (χ0) is 16.1. The molecule has 1 aromatic rings. The number of hydrogen-bond donors (Lipinski definition) is 2. The Morgan fingerprint density at radius 3 is 3.26 bits per heavy atom. The SMILES string of the molecule is CC(COC1CCOC1)NC(=O)c1ccn(C2CCCNC2)n1. The van der Waals surface area contributed by atoms with Crippen LogP contribution in [0.3, 0.4) is 0 Å². The molecule has 3 unspecified atom stereocenters. The lowest BCUT2D eigenvalue weighted by Gasteiger charge is -2.22. The average Bonchev–Trinajstić information content (AvgIpc) is 3.25. The van der Waals surface area contributed by atoms with Crippen molar-refractivity contribution in [2.75, 3.05) is 32.9 Å². The zero-order valence-electron chi connectivity index (χ0n) is 13.7. The number of carbonyl (C=O) groups is 1. The minimum absolute atomic E-state index is 0.0513. The molecule has 2 aliphatic heterocycles. The fraction of sp³-hybridized carbons (Fsp3) is 0.750. The van der Waals surface area contributed by atoms with E-state index in [4.69, 9.17) is 9.47 Å². The molecule has 2 saturated heterocycles. The predicted octanol–water partition coefficient (Wildman–Crippen LogP) is 0.731. The first-order valence-corrected chi connectivity index (χ1v) is 8.48. The van der Waals surface area contributed by atoms with E-state index in [0.717, 1.165) is 39.0 Å². The molecule has 7 heteroatoms. The van der Waals surface area contributed by atoms with Gasteiger partial charge in [0, 0.05) is 25.4 Å². The summed E-state index contributed by atoms with van der Waals surface area (Å²) in [4.78, 5) is 12.3. The number of carbonyl (C=O) groups excluding carboxylic acids is 1. The zero-order valence-corrected chi connectivity index (χ0v) is 13.7. The molecule has 1 aromatic heterocycles. The van der Waals surface area contributed by atoms with E-state index in [2.05, 4.69) is 15.7 Å².